The smallest absolute Gasteiger partial charge is 0.143 e. The van der Waals surface area contributed by atoms with Crippen LogP contribution in [0.3, 0.4) is 0 Å². The maximum absolute atomic E-state index is 6.52. The lowest BCUT2D eigenvalue weighted by Crippen LogP contribution is -2.14. The van der Waals surface area contributed by atoms with Crippen molar-refractivity contribution >= 4 is 43.5 Å². The largest absolute Gasteiger partial charge is 0.455 e. The third kappa shape index (κ3) is 3.14. The van der Waals surface area contributed by atoms with E-state index in [0.29, 0.717) is 0 Å². The molecular weight excluding hydrogens is 508 g/mol. The molecule has 0 bridgehead atoms. The Labute approximate surface area is 244 Å². The fourth-order valence-electron chi connectivity index (χ4n) is 7.44. The summed E-state index contributed by atoms with van der Waals surface area (Å²) in [6.45, 7) is 4.72. The van der Waals surface area contributed by atoms with Gasteiger partial charge in [0.2, 0.25) is 0 Å². The average Bonchev–Trinajstić information content (AvgIpc) is 3.54. The Balaban J connectivity index is 1.31. The lowest BCUT2D eigenvalue weighted by Gasteiger charge is -2.22. The van der Waals surface area contributed by atoms with Gasteiger partial charge in [0, 0.05) is 21.6 Å². The molecule has 1 aliphatic rings. The van der Waals surface area contributed by atoms with Crippen LogP contribution in [-0.2, 0) is 5.41 Å². The van der Waals surface area contributed by atoms with Gasteiger partial charge in [-0.15, -0.1) is 0 Å². The summed E-state index contributed by atoms with van der Waals surface area (Å²) in [6.07, 6.45) is 0. The van der Waals surface area contributed by atoms with Crippen LogP contribution in [0.1, 0.15) is 25.0 Å². The second kappa shape index (κ2) is 8.44. The molecule has 1 aromatic heterocycles. The molecule has 1 heteroatoms. The molecule has 1 aliphatic carbocycles. The van der Waals surface area contributed by atoms with E-state index in [1.165, 1.54) is 71.4 Å². The van der Waals surface area contributed by atoms with E-state index in [9.17, 15) is 0 Å². The Bertz CT molecular complexity index is 2370. The minimum absolute atomic E-state index is 0.0760. The summed E-state index contributed by atoms with van der Waals surface area (Å²) < 4.78 is 6.52. The summed E-state index contributed by atoms with van der Waals surface area (Å²) in [5, 5.41) is 7.31. The van der Waals surface area contributed by atoms with Crippen molar-refractivity contribution in [2.45, 2.75) is 19.3 Å². The van der Waals surface area contributed by atoms with Gasteiger partial charge in [-0.1, -0.05) is 129 Å². The Morgan fingerprint density at radius 1 is 0.476 bits per heavy atom. The van der Waals surface area contributed by atoms with Crippen LogP contribution in [0, 0.1) is 0 Å². The van der Waals surface area contributed by atoms with Crippen LogP contribution in [0.5, 0.6) is 0 Å². The Morgan fingerprint density at radius 3 is 2.12 bits per heavy atom. The lowest BCUT2D eigenvalue weighted by atomic mass is 9.81. The molecule has 1 nitrogen and oxygen atoms in total. The zero-order valence-corrected chi connectivity index (χ0v) is 23.6. The van der Waals surface area contributed by atoms with Crippen molar-refractivity contribution in [3.63, 3.8) is 0 Å². The first kappa shape index (κ1) is 23.6. The molecule has 0 radical (unpaired) electrons. The highest BCUT2D eigenvalue weighted by Gasteiger charge is 2.36. The molecule has 0 saturated heterocycles. The number of benzene rings is 7. The predicted molar refractivity (Wildman–Crippen MR) is 177 cm³/mol. The minimum atomic E-state index is -0.0760. The molecular formula is C41H28O. The Morgan fingerprint density at radius 2 is 1.21 bits per heavy atom. The van der Waals surface area contributed by atoms with E-state index in [4.69, 9.17) is 4.42 Å². The molecule has 1 heterocycles. The second-order valence-electron chi connectivity index (χ2n) is 12.1. The minimum Gasteiger partial charge on any atom is -0.455 e. The summed E-state index contributed by atoms with van der Waals surface area (Å²) in [5.41, 5.74) is 12.2. The number of fused-ring (bicyclic) bond motifs is 10. The highest BCUT2D eigenvalue weighted by Crippen LogP contribution is 2.53. The quantitative estimate of drug-likeness (QED) is 0.214. The number of hydrogen-bond acceptors (Lipinski definition) is 1. The molecule has 7 aromatic carbocycles. The maximum Gasteiger partial charge on any atom is 0.143 e. The number of hydrogen-bond donors (Lipinski definition) is 0. The van der Waals surface area contributed by atoms with Gasteiger partial charge in [-0.3, -0.25) is 0 Å². The molecule has 0 saturated carbocycles. The third-order valence-electron chi connectivity index (χ3n) is 9.48. The Kier molecular flexibility index (Phi) is 4.73. The van der Waals surface area contributed by atoms with E-state index in [2.05, 4.69) is 147 Å². The van der Waals surface area contributed by atoms with Crippen molar-refractivity contribution in [2.75, 3.05) is 0 Å². The van der Waals surface area contributed by atoms with Crippen LogP contribution in [0.2, 0.25) is 0 Å². The van der Waals surface area contributed by atoms with E-state index < -0.39 is 0 Å². The van der Waals surface area contributed by atoms with E-state index in [-0.39, 0.29) is 5.41 Å². The highest BCUT2D eigenvalue weighted by atomic mass is 16.3. The van der Waals surface area contributed by atoms with Crippen LogP contribution < -0.4 is 0 Å². The van der Waals surface area contributed by atoms with Gasteiger partial charge in [0.1, 0.15) is 11.2 Å². The van der Waals surface area contributed by atoms with Gasteiger partial charge in [-0.2, -0.15) is 0 Å². The van der Waals surface area contributed by atoms with E-state index >= 15 is 0 Å². The van der Waals surface area contributed by atoms with Crippen LogP contribution in [0.25, 0.3) is 76.9 Å². The topological polar surface area (TPSA) is 13.1 Å². The van der Waals surface area contributed by atoms with Crippen LogP contribution in [-0.4, -0.2) is 0 Å². The highest BCUT2D eigenvalue weighted by molar-refractivity contribution is 6.19. The molecule has 0 aliphatic heterocycles. The number of rotatable bonds is 2. The molecule has 0 amide bonds. The van der Waals surface area contributed by atoms with Gasteiger partial charge in [0.15, 0.2) is 0 Å². The lowest BCUT2D eigenvalue weighted by molar-refractivity contribution is 0.661. The first-order chi connectivity index (χ1) is 20.6. The molecule has 0 unspecified atom stereocenters. The summed E-state index contributed by atoms with van der Waals surface area (Å²) in [4.78, 5) is 0. The molecule has 0 N–H and O–H groups in total. The van der Waals surface area contributed by atoms with Gasteiger partial charge in [0.05, 0.1) is 0 Å². The molecule has 9 rings (SSSR count). The van der Waals surface area contributed by atoms with E-state index in [1.54, 1.807) is 0 Å². The van der Waals surface area contributed by atoms with Gasteiger partial charge in [-0.25, -0.2) is 0 Å². The van der Waals surface area contributed by atoms with Crippen molar-refractivity contribution in [1.29, 1.82) is 0 Å². The summed E-state index contributed by atoms with van der Waals surface area (Å²) >= 11 is 0. The normalized spacial score (nSPS) is 13.7. The summed E-state index contributed by atoms with van der Waals surface area (Å²) in [6, 6.07) is 48.6. The standard InChI is InChI=1S/C41H28O/c1-41(2)35-22-19-27(29-15-9-17-37-39(29)33-20-18-26-12-6-7-13-30(26)40(33)42-37)24-34(35)38-32-16-8-14-28(25-10-4-3-5-11-25)31(32)21-23-36(38)41/h3-24H,1-2H3. The zero-order chi connectivity index (χ0) is 28.0. The molecule has 0 fully saturated rings. The van der Waals surface area contributed by atoms with Crippen molar-refractivity contribution in [3.05, 3.63) is 145 Å². The zero-order valence-electron chi connectivity index (χ0n) is 23.6. The molecule has 0 spiro atoms. The van der Waals surface area contributed by atoms with Gasteiger partial charge in [0.25, 0.3) is 0 Å². The van der Waals surface area contributed by atoms with Gasteiger partial charge < -0.3 is 4.42 Å². The maximum atomic E-state index is 6.52. The first-order valence-corrected chi connectivity index (χ1v) is 14.7. The van der Waals surface area contributed by atoms with Crippen LogP contribution >= 0.6 is 0 Å². The average molecular weight is 537 g/mol. The molecule has 198 valence electrons. The van der Waals surface area contributed by atoms with Crippen LogP contribution in [0.15, 0.2) is 138 Å². The molecule has 42 heavy (non-hydrogen) atoms. The van der Waals surface area contributed by atoms with Crippen molar-refractivity contribution in [2.24, 2.45) is 0 Å². The van der Waals surface area contributed by atoms with E-state index in [1.807, 2.05) is 0 Å². The van der Waals surface area contributed by atoms with Gasteiger partial charge >= 0.3 is 0 Å². The Hall–Kier alpha value is -5.14. The third-order valence-corrected chi connectivity index (χ3v) is 9.48. The number of furan rings is 1. The van der Waals surface area contributed by atoms with Crippen molar-refractivity contribution in [3.8, 4) is 33.4 Å². The monoisotopic (exact) mass is 536 g/mol. The van der Waals surface area contributed by atoms with Gasteiger partial charge in [-0.05, 0) is 78.9 Å². The summed E-state index contributed by atoms with van der Waals surface area (Å²) in [7, 11) is 0. The predicted octanol–water partition coefficient (Wildman–Crippen LogP) is 11.5. The van der Waals surface area contributed by atoms with Crippen molar-refractivity contribution < 1.29 is 4.42 Å². The molecule has 0 atom stereocenters. The fraction of sp³-hybridized carbons (Fsp3) is 0.0732. The SMILES string of the molecule is CC1(C)c2ccc(-c3cccc4oc5c6ccccc6ccc5c34)cc2-c2c1ccc1c(-c3ccccc3)cccc21. The van der Waals surface area contributed by atoms with Crippen molar-refractivity contribution in [1.82, 2.24) is 0 Å². The van der Waals surface area contributed by atoms with Crippen LogP contribution in [0.4, 0.5) is 0 Å². The summed E-state index contributed by atoms with van der Waals surface area (Å²) in [5.74, 6) is 0. The fourth-order valence-corrected chi connectivity index (χ4v) is 7.44. The molecule has 8 aromatic rings. The first-order valence-electron chi connectivity index (χ1n) is 14.7. The van der Waals surface area contributed by atoms with E-state index in [0.717, 1.165) is 16.6 Å². The second-order valence-corrected chi connectivity index (χ2v) is 12.1.